The van der Waals surface area contributed by atoms with Crippen LogP contribution in [0, 0.1) is 13.8 Å². The SMILES string of the molecule is Cc1cccc(C)c1OCCCSc1ncn[nH]1. The second kappa shape index (κ2) is 6.44. The molecule has 2 aromatic rings. The maximum Gasteiger partial charge on any atom is 0.183 e. The molecule has 96 valence electrons. The van der Waals surface area contributed by atoms with Crippen LogP contribution < -0.4 is 4.74 Å². The van der Waals surface area contributed by atoms with Crippen LogP contribution in [-0.2, 0) is 0 Å². The highest BCUT2D eigenvalue weighted by Gasteiger charge is 2.03. The first kappa shape index (κ1) is 13.0. The van der Waals surface area contributed by atoms with Gasteiger partial charge in [0, 0.05) is 5.75 Å². The Balaban J connectivity index is 1.72. The highest BCUT2D eigenvalue weighted by Crippen LogP contribution is 2.22. The van der Waals surface area contributed by atoms with Gasteiger partial charge in [-0.2, -0.15) is 5.10 Å². The molecule has 0 fully saturated rings. The van der Waals surface area contributed by atoms with Crippen molar-refractivity contribution in [2.45, 2.75) is 25.4 Å². The fraction of sp³-hybridized carbons (Fsp3) is 0.385. The van der Waals surface area contributed by atoms with Crippen LogP contribution >= 0.6 is 11.8 Å². The average Bonchev–Trinajstić information content (AvgIpc) is 2.85. The Morgan fingerprint density at radius 3 is 2.72 bits per heavy atom. The van der Waals surface area contributed by atoms with E-state index >= 15 is 0 Å². The Morgan fingerprint density at radius 2 is 2.06 bits per heavy atom. The first-order valence-electron chi connectivity index (χ1n) is 5.94. The van der Waals surface area contributed by atoms with Crippen LogP contribution in [0.2, 0.25) is 0 Å². The van der Waals surface area contributed by atoms with Crippen LogP contribution in [0.3, 0.4) is 0 Å². The van der Waals surface area contributed by atoms with Gasteiger partial charge >= 0.3 is 0 Å². The maximum absolute atomic E-state index is 5.83. The van der Waals surface area contributed by atoms with Crippen molar-refractivity contribution < 1.29 is 4.74 Å². The minimum absolute atomic E-state index is 0.729. The van der Waals surface area contributed by atoms with Gasteiger partial charge in [0.25, 0.3) is 0 Å². The minimum atomic E-state index is 0.729. The first-order valence-corrected chi connectivity index (χ1v) is 6.93. The van der Waals surface area contributed by atoms with Gasteiger partial charge in [0.1, 0.15) is 12.1 Å². The monoisotopic (exact) mass is 263 g/mol. The van der Waals surface area contributed by atoms with Gasteiger partial charge in [-0.1, -0.05) is 30.0 Å². The molecule has 0 aliphatic heterocycles. The van der Waals surface area contributed by atoms with Crippen LogP contribution in [0.15, 0.2) is 29.7 Å². The molecule has 0 aliphatic carbocycles. The number of aromatic nitrogens is 3. The van der Waals surface area contributed by atoms with E-state index in [0.29, 0.717) is 0 Å². The summed E-state index contributed by atoms with van der Waals surface area (Å²) in [5, 5.41) is 7.49. The lowest BCUT2D eigenvalue weighted by Crippen LogP contribution is -2.01. The molecule has 2 rings (SSSR count). The lowest BCUT2D eigenvalue weighted by molar-refractivity contribution is 0.314. The van der Waals surface area contributed by atoms with Crippen LogP contribution in [0.5, 0.6) is 5.75 Å². The normalized spacial score (nSPS) is 10.6. The van der Waals surface area contributed by atoms with Crippen LogP contribution in [0.25, 0.3) is 0 Å². The fourth-order valence-corrected chi connectivity index (χ4v) is 2.39. The van der Waals surface area contributed by atoms with Crippen molar-refractivity contribution >= 4 is 11.8 Å². The zero-order valence-electron chi connectivity index (χ0n) is 10.6. The molecule has 1 aromatic carbocycles. The molecule has 1 aromatic heterocycles. The van der Waals surface area contributed by atoms with Crippen LogP contribution in [0.1, 0.15) is 17.5 Å². The lowest BCUT2D eigenvalue weighted by Gasteiger charge is -2.11. The Morgan fingerprint density at radius 1 is 1.28 bits per heavy atom. The van der Waals surface area contributed by atoms with E-state index in [1.807, 2.05) is 0 Å². The Kier molecular flexibility index (Phi) is 4.64. The summed E-state index contributed by atoms with van der Waals surface area (Å²) in [4.78, 5) is 4.06. The second-order valence-corrected chi connectivity index (χ2v) is 5.15. The van der Waals surface area contributed by atoms with E-state index in [2.05, 4.69) is 47.2 Å². The summed E-state index contributed by atoms with van der Waals surface area (Å²) in [5.74, 6) is 1.99. The topological polar surface area (TPSA) is 50.8 Å². The van der Waals surface area contributed by atoms with Crippen molar-refractivity contribution in [3.05, 3.63) is 35.7 Å². The zero-order chi connectivity index (χ0) is 12.8. The number of H-pyrrole nitrogens is 1. The number of aryl methyl sites for hydroxylation is 2. The van der Waals surface area contributed by atoms with Crippen molar-refractivity contribution in [1.29, 1.82) is 0 Å². The van der Waals surface area contributed by atoms with E-state index in [1.165, 1.54) is 17.5 Å². The van der Waals surface area contributed by atoms with E-state index in [1.54, 1.807) is 11.8 Å². The molecule has 0 aliphatic rings. The molecule has 0 saturated heterocycles. The van der Waals surface area contributed by atoms with Gasteiger partial charge in [-0.15, -0.1) is 0 Å². The molecule has 0 spiro atoms. The third-order valence-electron chi connectivity index (χ3n) is 2.58. The lowest BCUT2D eigenvalue weighted by atomic mass is 10.1. The van der Waals surface area contributed by atoms with Crippen LogP contribution in [0.4, 0.5) is 0 Å². The van der Waals surface area contributed by atoms with Gasteiger partial charge in [-0.3, -0.25) is 5.10 Å². The van der Waals surface area contributed by atoms with Gasteiger partial charge in [-0.05, 0) is 31.4 Å². The summed E-state index contributed by atoms with van der Waals surface area (Å²) in [6.07, 6.45) is 2.51. The van der Waals surface area contributed by atoms with Gasteiger partial charge in [0.05, 0.1) is 6.61 Å². The molecular formula is C13H17N3OS. The maximum atomic E-state index is 5.83. The molecule has 0 bridgehead atoms. The van der Waals surface area contributed by atoms with Crippen molar-refractivity contribution in [2.75, 3.05) is 12.4 Å². The number of para-hydroxylation sites is 1. The summed E-state index contributed by atoms with van der Waals surface area (Å²) >= 11 is 1.66. The van der Waals surface area contributed by atoms with Gasteiger partial charge in [0.2, 0.25) is 0 Å². The molecule has 0 unspecified atom stereocenters. The molecular weight excluding hydrogens is 246 g/mol. The van der Waals surface area contributed by atoms with Gasteiger partial charge in [-0.25, -0.2) is 4.98 Å². The number of hydrogen-bond donors (Lipinski definition) is 1. The molecule has 0 radical (unpaired) electrons. The molecule has 4 nitrogen and oxygen atoms in total. The number of nitrogens with one attached hydrogen (secondary N) is 1. The van der Waals surface area contributed by atoms with E-state index < -0.39 is 0 Å². The predicted molar refractivity (Wildman–Crippen MR) is 73.1 cm³/mol. The standard InChI is InChI=1S/C13H17N3OS/c1-10-5-3-6-11(2)12(10)17-7-4-8-18-13-14-9-15-16-13/h3,5-6,9H,4,7-8H2,1-2H3,(H,14,15,16). The predicted octanol–water partition coefficient (Wildman–Crippen LogP) is 2.98. The summed E-state index contributed by atoms with van der Waals surface area (Å²) in [5.41, 5.74) is 2.38. The zero-order valence-corrected chi connectivity index (χ0v) is 11.5. The summed E-state index contributed by atoms with van der Waals surface area (Å²) < 4.78 is 5.83. The third-order valence-corrected chi connectivity index (χ3v) is 3.54. The van der Waals surface area contributed by atoms with Gasteiger partial charge in [0.15, 0.2) is 5.16 Å². The Bertz CT molecular complexity index is 465. The number of hydrogen-bond acceptors (Lipinski definition) is 4. The molecule has 0 saturated carbocycles. The van der Waals surface area contributed by atoms with E-state index in [-0.39, 0.29) is 0 Å². The largest absolute Gasteiger partial charge is 0.493 e. The fourth-order valence-electron chi connectivity index (χ4n) is 1.69. The molecule has 0 amide bonds. The second-order valence-electron chi connectivity index (χ2n) is 4.06. The number of nitrogens with zero attached hydrogens (tertiary/aromatic N) is 2. The molecule has 1 N–H and O–H groups in total. The highest BCUT2D eigenvalue weighted by atomic mass is 32.2. The quantitative estimate of drug-likeness (QED) is 0.643. The first-order chi connectivity index (χ1) is 8.77. The van der Waals surface area contributed by atoms with E-state index in [9.17, 15) is 0 Å². The number of thioether (sulfide) groups is 1. The molecule has 18 heavy (non-hydrogen) atoms. The molecule has 1 heterocycles. The number of ether oxygens (including phenoxy) is 1. The van der Waals surface area contributed by atoms with Crippen molar-refractivity contribution in [3.63, 3.8) is 0 Å². The van der Waals surface area contributed by atoms with E-state index in [0.717, 1.165) is 29.7 Å². The number of aromatic amines is 1. The number of benzene rings is 1. The highest BCUT2D eigenvalue weighted by molar-refractivity contribution is 7.99. The Labute approximate surface area is 111 Å². The molecule has 0 atom stereocenters. The smallest absolute Gasteiger partial charge is 0.183 e. The number of rotatable bonds is 6. The van der Waals surface area contributed by atoms with E-state index in [4.69, 9.17) is 4.74 Å². The van der Waals surface area contributed by atoms with Crippen molar-refractivity contribution in [2.24, 2.45) is 0 Å². The summed E-state index contributed by atoms with van der Waals surface area (Å²) in [6, 6.07) is 6.20. The average molecular weight is 263 g/mol. The summed E-state index contributed by atoms with van der Waals surface area (Å²) in [7, 11) is 0. The van der Waals surface area contributed by atoms with Crippen molar-refractivity contribution in [1.82, 2.24) is 15.2 Å². The Hall–Kier alpha value is -1.49. The third kappa shape index (κ3) is 3.50. The minimum Gasteiger partial charge on any atom is -0.493 e. The summed E-state index contributed by atoms with van der Waals surface area (Å²) in [6.45, 7) is 4.88. The van der Waals surface area contributed by atoms with Crippen LogP contribution in [-0.4, -0.2) is 27.5 Å². The molecule has 5 heteroatoms. The van der Waals surface area contributed by atoms with Gasteiger partial charge < -0.3 is 4.74 Å². The van der Waals surface area contributed by atoms with Crippen molar-refractivity contribution in [3.8, 4) is 5.75 Å².